The van der Waals surface area contributed by atoms with E-state index in [1.165, 1.54) is 6.92 Å². The molecule has 0 aliphatic carbocycles. The van der Waals surface area contributed by atoms with Crippen LogP contribution in [0, 0.1) is 0 Å². The zero-order valence-electron chi connectivity index (χ0n) is 10.6. The van der Waals surface area contributed by atoms with Crippen LogP contribution in [0.2, 0.25) is 0 Å². The Bertz CT molecular complexity index is 294. The second-order valence-corrected chi connectivity index (χ2v) is 3.97. The van der Waals surface area contributed by atoms with E-state index >= 15 is 0 Å². The molecule has 0 unspecified atom stereocenters. The van der Waals surface area contributed by atoms with Gasteiger partial charge in [-0.05, 0) is 25.8 Å². The molecule has 7 heteroatoms. The number of unbranched alkanes of at least 4 members (excludes halogenated alkanes) is 1. The molecule has 0 spiro atoms. The second kappa shape index (κ2) is 9.41. The van der Waals surface area contributed by atoms with Crippen LogP contribution < -0.4 is 16.4 Å². The fourth-order valence-corrected chi connectivity index (χ4v) is 1.42. The first kappa shape index (κ1) is 16.4. The summed E-state index contributed by atoms with van der Waals surface area (Å²) in [5.74, 6) is -1.63. The van der Waals surface area contributed by atoms with Crippen molar-refractivity contribution < 1.29 is 19.5 Å². The zero-order valence-corrected chi connectivity index (χ0v) is 10.6. The number of hydrogen-bond donors (Lipinski definition) is 4. The molecule has 0 aromatic heterocycles. The molecule has 0 aromatic carbocycles. The Balaban J connectivity index is 4.12. The molecule has 104 valence electrons. The van der Waals surface area contributed by atoms with Crippen LogP contribution in [-0.4, -0.2) is 42.0 Å². The predicted octanol–water partition coefficient (Wildman–Crippen LogP) is -0.789. The molecule has 0 aliphatic rings. The second-order valence-electron chi connectivity index (χ2n) is 3.97. The zero-order chi connectivity index (χ0) is 14.0. The molecule has 0 fully saturated rings. The van der Waals surface area contributed by atoms with Gasteiger partial charge in [-0.1, -0.05) is 0 Å². The third kappa shape index (κ3) is 8.51. The molecular formula is C11H21N3O4. The lowest BCUT2D eigenvalue weighted by molar-refractivity contribution is -0.137. The number of aliphatic carboxylic acids is 1. The quantitative estimate of drug-likeness (QED) is 0.404. The van der Waals surface area contributed by atoms with Gasteiger partial charge in [0.15, 0.2) is 0 Å². The molecule has 0 aliphatic heterocycles. The first-order valence-corrected chi connectivity index (χ1v) is 5.94. The fourth-order valence-electron chi connectivity index (χ4n) is 1.42. The smallest absolute Gasteiger partial charge is 0.305 e. The molecule has 0 aromatic rings. The molecular weight excluding hydrogens is 238 g/mol. The normalized spacial score (nSPS) is 11.7. The molecule has 7 nitrogen and oxygen atoms in total. The minimum Gasteiger partial charge on any atom is -0.481 e. The Hall–Kier alpha value is -1.63. The van der Waals surface area contributed by atoms with Gasteiger partial charge in [-0.2, -0.15) is 0 Å². The van der Waals surface area contributed by atoms with Gasteiger partial charge >= 0.3 is 5.97 Å². The van der Waals surface area contributed by atoms with Gasteiger partial charge in [0.2, 0.25) is 11.8 Å². The predicted molar refractivity (Wildman–Crippen MR) is 65.8 cm³/mol. The van der Waals surface area contributed by atoms with Crippen LogP contribution in [0.25, 0.3) is 0 Å². The van der Waals surface area contributed by atoms with Crippen molar-refractivity contribution >= 4 is 17.8 Å². The lowest BCUT2D eigenvalue weighted by Gasteiger charge is -2.17. The van der Waals surface area contributed by atoms with Crippen LogP contribution in [0.15, 0.2) is 0 Å². The monoisotopic (exact) mass is 259 g/mol. The summed E-state index contributed by atoms with van der Waals surface area (Å²) in [6, 6.07) is -0.622. The van der Waals surface area contributed by atoms with Crippen molar-refractivity contribution in [3.05, 3.63) is 0 Å². The van der Waals surface area contributed by atoms with Crippen LogP contribution >= 0.6 is 0 Å². The van der Waals surface area contributed by atoms with Gasteiger partial charge in [-0.3, -0.25) is 14.4 Å². The third-order valence-electron chi connectivity index (χ3n) is 2.28. The summed E-state index contributed by atoms with van der Waals surface area (Å²) >= 11 is 0. The summed E-state index contributed by atoms with van der Waals surface area (Å²) in [5, 5.41) is 13.5. The molecule has 0 bridgehead atoms. The summed E-state index contributed by atoms with van der Waals surface area (Å²) in [7, 11) is 0. The summed E-state index contributed by atoms with van der Waals surface area (Å²) in [6.07, 6.45) is 1.86. The van der Waals surface area contributed by atoms with E-state index in [2.05, 4.69) is 10.6 Å². The lowest BCUT2D eigenvalue weighted by atomic mass is 10.1. The number of carbonyl (C=O) groups excluding carboxylic acids is 2. The van der Waals surface area contributed by atoms with E-state index in [0.717, 1.165) is 12.8 Å². The van der Waals surface area contributed by atoms with Gasteiger partial charge < -0.3 is 21.5 Å². The average molecular weight is 259 g/mol. The van der Waals surface area contributed by atoms with Crippen LogP contribution in [-0.2, 0) is 14.4 Å². The van der Waals surface area contributed by atoms with Gasteiger partial charge in [0.25, 0.3) is 0 Å². The number of hydrogen-bond acceptors (Lipinski definition) is 4. The Kier molecular flexibility index (Phi) is 8.55. The SMILES string of the molecule is CC(=O)N[C@@H](CCCCN)C(=O)NCCC(=O)O. The van der Waals surface area contributed by atoms with Gasteiger partial charge in [0, 0.05) is 13.5 Å². The molecule has 18 heavy (non-hydrogen) atoms. The number of amides is 2. The summed E-state index contributed by atoms with van der Waals surface area (Å²) in [6.45, 7) is 1.93. The molecule has 0 rings (SSSR count). The van der Waals surface area contributed by atoms with Crippen LogP contribution in [0.5, 0.6) is 0 Å². The highest BCUT2D eigenvalue weighted by atomic mass is 16.4. The molecule has 5 N–H and O–H groups in total. The number of nitrogens with one attached hydrogen (secondary N) is 2. The minimum atomic E-state index is -0.977. The Morgan fingerprint density at radius 1 is 1.28 bits per heavy atom. The van der Waals surface area contributed by atoms with Crippen molar-refractivity contribution in [2.75, 3.05) is 13.1 Å². The van der Waals surface area contributed by atoms with E-state index in [0.29, 0.717) is 13.0 Å². The van der Waals surface area contributed by atoms with E-state index in [1.807, 2.05) is 0 Å². The molecule has 0 saturated heterocycles. The van der Waals surface area contributed by atoms with Gasteiger partial charge in [-0.25, -0.2) is 0 Å². The maximum atomic E-state index is 11.7. The van der Waals surface area contributed by atoms with E-state index in [9.17, 15) is 14.4 Å². The highest BCUT2D eigenvalue weighted by Gasteiger charge is 2.18. The van der Waals surface area contributed by atoms with Gasteiger partial charge in [-0.15, -0.1) is 0 Å². The summed E-state index contributed by atoms with van der Waals surface area (Å²) in [5.41, 5.74) is 5.35. The number of rotatable bonds is 9. The van der Waals surface area contributed by atoms with E-state index < -0.39 is 12.0 Å². The topological polar surface area (TPSA) is 122 Å². The minimum absolute atomic E-state index is 0.0567. The van der Waals surface area contributed by atoms with E-state index in [4.69, 9.17) is 10.8 Å². The van der Waals surface area contributed by atoms with Crippen LogP contribution in [0.3, 0.4) is 0 Å². The molecule has 0 heterocycles. The molecule has 0 saturated carbocycles. The lowest BCUT2D eigenvalue weighted by Crippen LogP contribution is -2.46. The summed E-state index contributed by atoms with van der Waals surface area (Å²) in [4.78, 5) is 33.0. The van der Waals surface area contributed by atoms with E-state index in [-0.39, 0.29) is 24.8 Å². The number of carboxylic acid groups (broad SMARTS) is 1. The largest absolute Gasteiger partial charge is 0.481 e. The highest BCUT2D eigenvalue weighted by molar-refractivity contribution is 5.86. The molecule has 0 radical (unpaired) electrons. The standard InChI is InChI=1S/C11H21N3O4/c1-8(15)14-9(4-2-3-6-12)11(18)13-7-5-10(16)17/h9H,2-7,12H2,1H3,(H,13,18)(H,14,15)(H,16,17)/t9-/m0/s1. The van der Waals surface area contributed by atoms with Crippen LogP contribution in [0.1, 0.15) is 32.6 Å². The number of nitrogens with two attached hydrogens (primary N) is 1. The highest BCUT2D eigenvalue weighted by Crippen LogP contribution is 2.01. The Morgan fingerprint density at radius 2 is 1.94 bits per heavy atom. The van der Waals surface area contributed by atoms with Crippen molar-refractivity contribution in [2.45, 2.75) is 38.6 Å². The third-order valence-corrected chi connectivity index (χ3v) is 2.28. The fraction of sp³-hybridized carbons (Fsp3) is 0.727. The average Bonchev–Trinajstić information content (AvgIpc) is 2.26. The summed E-state index contributed by atoms with van der Waals surface area (Å²) < 4.78 is 0. The number of carbonyl (C=O) groups is 3. The van der Waals surface area contributed by atoms with Crippen molar-refractivity contribution in [2.24, 2.45) is 5.73 Å². The van der Waals surface area contributed by atoms with Crippen molar-refractivity contribution in [1.82, 2.24) is 10.6 Å². The molecule has 2 amide bonds. The Morgan fingerprint density at radius 3 is 2.44 bits per heavy atom. The van der Waals surface area contributed by atoms with E-state index in [1.54, 1.807) is 0 Å². The van der Waals surface area contributed by atoms with Crippen LogP contribution in [0.4, 0.5) is 0 Å². The van der Waals surface area contributed by atoms with Gasteiger partial charge in [0.1, 0.15) is 6.04 Å². The van der Waals surface area contributed by atoms with Crippen molar-refractivity contribution in [3.63, 3.8) is 0 Å². The van der Waals surface area contributed by atoms with Crippen molar-refractivity contribution in [3.8, 4) is 0 Å². The number of carboxylic acids is 1. The Labute approximate surface area is 106 Å². The van der Waals surface area contributed by atoms with Gasteiger partial charge in [0.05, 0.1) is 6.42 Å². The molecule has 1 atom stereocenters. The maximum absolute atomic E-state index is 11.7. The first-order valence-electron chi connectivity index (χ1n) is 5.94. The maximum Gasteiger partial charge on any atom is 0.305 e. The van der Waals surface area contributed by atoms with Crippen molar-refractivity contribution in [1.29, 1.82) is 0 Å². The first-order chi connectivity index (χ1) is 8.47.